The molecule has 0 spiro atoms. The molecule has 0 aliphatic rings. The van der Waals surface area contributed by atoms with Gasteiger partial charge in [0.05, 0.1) is 29.9 Å². The van der Waals surface area contributed by atoms with Crippen LogP contribution in [0.25, 0.3) is 0 Å². The minimum absolute atomic E-state index is 0.107. The molecule has 0 bridgehead atoms. The van der Waals surface area contributed by atoms with Crippen molar-refractivity contribution in [2.45, 2.75) is 12.5 Å². The summed E-state index contributed by atoms with van der Waals surface area (Å²) in [6.07, 6.45) is 2.86. The van der Waals surface area contributed by atoms with Gasteiger partial charge in [0.15, 0.2) is 5.78 Å². The van der Waals surface area contributed by atoms with Crippen LogP contribution in [0.5, 0.6) is 11.5 Å². The zero-order valence-corrected chi connectivity index (χ0v) is 17.5. The van der Waals surface area contributed by atoms with E-state index in [0.29, 0.717) is 40.3 Å². The number of rotatable bonds is 7. The van der Waals surface area contributed by atoms with E-state index in [1.807, 2.05) is 25.2 Å². The number of nitriles is 1. The topological polar surface area (TPSA) is 88.1 Å². The van der Waals surface area contributed by atoms with Gasteiger partial charge in [0.25, 0.3) is 0 Å². The third-order valence-corrected chi connectivity index (χ3v) is 5.15. The van der Waals surface area contributed by atoms with E-state index >= 15 is 0 Å². The second-order valence-corrected chi connectivity index (χ2v) is 7.42. The number of aryl methyl sites for hydroxylation is 1. The highest BCUT2D eigenvalue weighted by Crippen LogP contribution is 2.29. The summed E-state index contributed by atoms with van der Waals surface area (Å²) in [5.74, 6) is 0.712. The minimum atomic E-state index is -0.741. The lowest BCUT2D eigenvalue weighted by atomic mass is 10.0. The van der Waals surface area contributed by atoms with E-state index in [1.54, 1.807) is 71.7 Å². The summed E-state index contributed by atoms with van der Waals surface area (Å²) in [5, 5.41) is 20.1. The van der Waals surface area contributed by atoms with Crippen molar-refractivity contribution in [3.05, 3.63) is 113 Å². The number of carbonyl (C=O) groups excluding carboxylic acids is 1. The van der Waals surface area contributed by atoms with E-state index in [4.69, 9.17) is 4.74 Å². The Morgan fingerprint density at radius 3 is 2.59 bits per heavy atom. The first-order chi connectivity index (χ1) is 15.5. The van der Waals surface area contributed by atoms with Crippen molar-refractivity contribution in [1.29, 1.82) is 5.26 Å². The SMILES string of the molecule is Cn1cncc1C(O)Cc1ccc(C#N)c(Oc2cccc(C(=O)c3ccccc3)c2)c1. The van der Waals surface area contributed by atoms with Crippen molar-refractivity contribution in [3.8, 4) is 17.6 Å². The number of nitrogens with zero attached hydrogens (tertiary/aromatic N) is 3. The van der Waals surface area contributed by atoms with Gasteiger partial charge in [-0.25, -0.2) is 4.98 Å². The van der Waals surface area contributed by atoms with Crippen LogP contribution in [0.3, 0.4) is 0 Å². The Bertz CT molecular complexity index is 1290. The van der Waals surface area contributed by atoms with Crippen LogP contribution >= 0.6 is 0 Å². The Hall–Kier alpha value is -4.21. The number of ketones is 1. The molecule has 0 saturated carbocycles. The van der Waals surface area contributed by atoms with Gasteiger partial charge in [0.1, 0.15) is 17.6 Å². The second-order valence-electron chi connectivity index (χ2n) is 7.42. The Morgan fingerprint density at radius 1 is 1.09 bits per heavy atom. The molecule has 158 valence electrons. The number of hydrogen-bond donors (Lipinski definition) is 1. The summed E-state index contributed by atoms with van der Waals surface area (Å²) < 4.78 is 7.75. The van der Waals surface area contributed by atoms with Gasteiger partial charge < -0.3 is 14.4 Å². The van der Waals surface area contributed by atoms with Gasteiger partial charge in [-0.1, -0.05) is 48.5 Å². The molecule has 0 amide bonds. The average molecular weight is 423 g/mol. The number of benzene rings is 3. The standard InChI is InChI=1S/C26H21N3O3/c1-29-17-28-16-23(29)24(30)12-18-10-11-21(15-27)25(13-18)32-22-9-5-8-20(14-22)26(31)19-6-3-2-4-7-19/h2-11,13-14,16-17,24,30H,12H2,1H3. The largest absolute Gasteiger partial charge is 0.456 e. The smallest absolute Gasteiger partial charge is 0.193 e. The highest BCUT2D eigenvalue weighted by Gasteiger charge is 2.15. The molecule has 4 aromatic rings. The zero-order chi connectivity index (χ0) is 22.5. The lowest BCUT2D eigenvalue weighted by molar-refractivity contribution is 0.103. The highest BCUT2D eigenvalue weighted by molar-refractivity contribution is 6.09. The molecule has 6 nitrogen and oxygen atoms in total. The van der Waals surface area contributed by atoms with Crippen LogP contribution in [0.4, 0.5) is 0 Å². The van der Waals surface area contributed by atoms with E-state index in [1.165, 1.54) is 0 Å². The van der Waals surface area contributed by atoms with Crippen LogP contribution in [0.1, 0.15) is 38.8 Å². The van der Waals surface area contributed by atoms with Crippen molar-refractivity contribution in [2.75, 3.05) is 0 Å². The monoisotopic (exact) mass is 423 g/mol. The highest BCUT2D eigenvalue weighted by atomic mass is 16.5. The fraction of sp³-hybridized carbons (Fsp3) is 0.115. The van der Waals surface area contributed by atoms with Crippen LogP contribution < -0.4 is 4.74 Å². The lowest BCUT2D eigenvalue weighted by Gasteiger charge is -2.14. The van der Waals surface area contributed by atoms with Crippen molar-refractivity contribution in [1.82, 2.24) is 9.55 Å². The Kier molecular flexibility index (Phi) is 6.11. The Morgan fingerprint density at radius 2 is 1.88 bits per heavy atom. The van der Waals surface area contributed by atoms with Gasteiger partial charge in [-0.15, -0.1) is 0 Å². The summed E-state index contributed by atoms with van der Waals surface area (Å²) in [4.78, 5) is 16.8. The molecule has 1 aromatic heterocycles. The molecule has 0 fully saturated rings. The predicted octanol–water partition coefficient (Wildman–Crippen LogP) is 4.59. The van der Waals surface area contributed by atoms with Gasteiger partial charge in [0.2, 0.25) is 0 Å². The van der Waals surface area contributed by atoms with Crippen LogP contribution in [-0.2, 0) is 13.5 Å². The number of carbonyl (C=O) groups is 1. The quantitative estimate of drug-likeness (QED) is 0.439. The molecule has 4 rings (SSSR count). The summed E-state index contributed by atoms with van der Waals surface area (Å²) in [7, 11) is 1.82. The summed E-state index contributed by atoms with van der Waals surface area (Å²) in [5.41, 5.74) is 2.96. The summed E-state index contributed by atoms with van der Waals surface area (Å²) in [6, 6.07) is 23.2. The second kappa shape index (κ2) is 9.29. The van der Waals surface area contributed by atoms with E-state index in [-0.39, 0.29) is 5.78 Å². The Labute approximate surface area is 186 Å². The molecule has 32 heavy (non-hydrogen) atoms. The molecule has 1 atom stereocenters. The van der Waals surface area contributed by atoms with Crippen LogP contribution in [0.2, 0.25) is 0 Å². The van der Waals surface area contributed by atoms with Crippen molar-refractivity contribution in [2.24, 2.45) is 7.05 Å². The molecule has 1 heterocycles. The van der Waals surface area contributed by atoms with Gasteiger partial charge >= 0.3 is 0 Å². The summed E-state index contributed by atoms with van der Waals surface area (Å²) >= 11 is 0. The molecular weight excluding hydrogens is 402 g/mol. The lowest BCUT2D eigenvalue weighted by Crippen LogP contribution is -2.07. The predicted molar refractivity (Wildman–Crippen MR) is 119 cm³/mol. The van der Waals surface area contributed by atoms with Gasteiger partial charge in [-0.05, 0) is 29.8 Å². The molecular formula is C26H21N3O3. The number of ether oxygens (including phenoxy) is 1. The molecule has 1 unspecified atom stereocenters. The third-order valence-electron chi connectivity index (χ3n) is 5.15. The first-order valence-corrected chi connectivity index (χ1v) is 10.1. The molecule has 3 aromatic carbocycles. The number of aliphatic hydroxyl groups is 1. The first kappa shape index (κ1) is 21.0. The van der Waals surface area contributed by atoms with Crippen LogP contribution in [0.15, 0.2) is 85.3 Å². The fourth-order valence-corrected chi connectivity index (χ4v) is 3.47. The molecule has 0 aliphatic heterocycles. The normalized spacial score (nSPS) is 11.5. The number of aromatic nitrogens is 2. The summed E-state index contributed by atoms with van der Waals surface area (Å²) in [6.45, 7) is 0. The molecule has 1 N–H and O–H groups in total. The maximum Gasteiger partial charge on any atom is 0.193 e. The van der Waals surface area contributed by atoms with Crippen LogP contribution in [0, 0.1) is 11.3 Å². The number of hydrogen-bond acceptors (Lipinski definition) is 5. The third kappa shape index (κ3) is 4.59. The van der Waals surface area contributed by atoms with Gasteiger partial charge in [0, 0.05) is 24.6 Å². The van der Waals surface area contributed by atoms with Crippen molar-refractivity contribution >= 4 is 5.78 Å². The van der Waals surface area contributed by atoms with Crippen molar-refractivity contribution < 1.29 is 14.6 Å². The van der Waals surface area contributed by atoms with E-state index in [9.17, 15) is 15.2 Å². The van der Waals surface area contributed by atoms with Gasteiger partial charge in [-0.3, -0.25) is 4.79 Å². The van der Waals surface area contributed by atoms with E-state index < -0.39 is 6.10 Å². The molecule has 0 aliphatic carbocycles. The average Bonchev–Trinajstić information content (AvgIpc) is 3.25. The van der Waals surface area contributed by atoms with Crippen LogP contribution in [-0.4, -0.2) is 20.4 Å². The van der Waals surface area contributed by atoms with Gasteiger partial charge in [-0.2, -0.15) is 5.26 Å². The fourth-order valence-electron chi connectivity index (χ4n) is 3.47. The molecule has 0 radical (unpaired) electrons. The zero-order valence-electron chi connectivity index (χ0n) is 17.5. The Balaban J connectivity index is 1.57. The van der Waals surface area contributed by atoms with E-state index in [2.05, 4.69) is 11.1 Å². The maximum absolute atomic E-state index is 12.7. The number of aliphatic hydroxyl groups excluding tert-OH is 1. The number of imidazole rings is 1. The van der Waals surface area contributed by atoms with E-state index in [0.717, 1.165) is 5.56 Å². The maximum atomic E-state index is 12.7. The molecule has 6 heteroatoms. The minimum Gasteiger partial charge on any atom is -0.456 e. The first-order valence-electron chi connectivity index (χ1n) is 10.1. The molecule has 0 saturated heterocycles. The van der Waals surface area contributed by atoms with Crippen molar-refractivity contribution in [3.63, 3.8) is 0 Å².